The Morgan fingerprint density at radius 1 is 1.50 bits per heavy atom. The molecule has 8 nitrogen and oxygen atoms in total. The molecule has 8 heteroatoms. The first kappa shape index (κ1) is 14.4. The van der Waals surface area contributed by atoms with E-state index in [-0.39, 0.29) is 13.2 Å². The van der Waals surface area contributed by atoms with Crippen LogP contribution in [-0.4, -0.2) is 53.4 Å². The molecule has 0 saturated carbocycles. The maximum atomic E-state index is 11.6. The Balaban J connectivity index is 2.64. The van der Waals surface area contributed by atoms with Crippen LogP contribution >= 0.6 is 0 Å². The number of carbonyl (C=O) groups is 3. The van der Waals surface area contributed by atoms with E-state index in [1.54, 1.807) is 0 Å². The monoisotopic (exact) mass is 260 g/mol. The number of nitrogens with one attached hydrogen (secondary N) is 1. The standard InChI is InChI=1S/C10H16N2O6/c1-10(9(16)17)4-18-3-6(10)12-8(15)5(11)2-7(13)14/h5-6H,2-4,11H2,1H3,(H,12,15)(H,13,14)(H,16,17). The quantitative estimate of drug-likeness (QED) is 0.466. The molecule has 1 heterocycles. The number of hydrogen-bond donors (Lipinski definition) is 4. The van der Waals surface area contributed by atoms with Gasteiger partial charge in [0.15, 0.2) is 0 Å². The second kappa shape index (κ2) is 5.32. The van der Waals surface area contributed by atoms with Crippen molar-refractivity contribution in [2.24, 2.45) is 11.1 Å². The molecule has 0 spiro atoms. The third-order valence-corrected chi connectivity index (χ3v) is 2.99. The molecule has 1 fully saturated rings. The minimum atomic E-state index is -1.22. The van der Waals surface area contributed by atoms with Crippen LogP contribution in [0.3, 0.4) is 0 Å². The van der Waals surface area contributed by atoms with Gasteiger partial charge in [-0.3, -0.25) is 14.4 Å². The molecule has 1 aliphatic rings. The van der Waals surface area contributed by atoms with Gasteiger partial charge in [-0.1, -0.05) is 0 Å². The van der Waals surface area contributed by atoms with Gasteiger partial charge in [0.2, 0.25) is 5.91 Å². The van der Waals surface area contributed by atoms with Crippen molar-refractivity contribution in [1.29, 1.82) is 0 Å². The summed E-state index contributed by atoms with van der Waals surface area (Å²) in [5.74, 6) is -2.97. The van der Waals surface area contributed by atoms with Crippen molar-refractivity contribution in [3.05, 3.63) is 0 Å². The van der Waals surface area contributed by atoms with E-state index in [4.69, 9.17) is 20.7 Å². The number of ether oxygens (including phenoxy) is 1. The highest BCUT2D eigenvalue weighted by Gasteiger charge is 2.47. The van der Waals surface area contributed by atoms with Crippen LogP contribution < -0.4 is 11.1 Å². The van der Waals surface area contributed by atoms with E-state index >= 15 is 0 Å². The number of aliphatic carboxylic acids is 2. The summed E-state index contributed by atoms with van der Waals surface area (Å²) in [6, 6.07) is -1.93. The van der Waals surface area contributed by atoms with Gasteiger partial charge in [-0.15, -0.1) is 0 Å². The second-order valence-electron chi connectivity index (χ2n) is 4.50. The van der Waals surface area contributed by atoms with Crippen molar-refractivity contribution in [3.8, 4) is 0 Å². The van der Waals surface area contributed by atoms with E-state index in [1.165, 1.54) is 6.92 Å². The Hall–Kier alpha value is -1.67. The normalized spacial score (nSPS) is 28.7. The molecule has 0 aromatic carbocycles. The number of rotatable bonds is 5. The van der Waals surface area contributed by atoms with Gasteiger partial charge in [-0.05, 0) is 6.92 Å². The van der Waals surface area contributed by atoms with E-state index < -0.39 is 41.8 Å². The van der Waals surface area contributed by atoms with Gasteiger partial charge in [-0.2, -0.15) is 0 Å². The molecule has 3 atom stereocenters. The number of carboxylic acid groups (broad SMARTS) is 2. The van der Waals surface area contributed by atoms with Crippen LogP contribution in [0.2, 0.25) is 0 Å². The first-order chi connectivity index (χ1) is 8.27. The van der Waals surface area contributed by atoms with Crippen LogP contribution in [0.4, 0.5) is 0 Å². The number of carbonyl (C=O) groups excluding carboxylic acids is 1. The number of amides is 1. The highest BCUT2D eigenvalue weighted by Crippen LogP contribution is 2.28. The van der Waals surface area contributed by atoms with E-state index in [0.717, 1.165) is 0 Å². The molecule has 1 aliphatic heterocycles. The molecule has 1 rings (SSSR count). The molecular weight excluding hydrogens is 244 g/mol. The summed E-state index contributed by atoms with van der Waals surface area (Å²) in [5, 5.41) is 20.0. The summed E-state index contributed by atoms with van der Waals surface area (Å²) in [6.45, 7) is 1.51. The van der Waals surface area contributed by atoms with Gasteiger partial charge < -0.3 is 26.0 Å². The zero-order valence-corrected chi connectivity index (χ0v) is 9.88. The number of carboxylic acids is 2. The van der Waals surface area contributed by atoms with E-state index in [1.807, 2.05) is 0 Å². The van der Waals surface area contributed by atoms with Gasteiger partial charge in [0.1, 0.15) is 5.41 Å². The van der Waals surface area contributed by atoms with Crippen molar-refractivity contribution in [3.63, 3.8) is 0 Å². The summed E-state index contributed by atoms with van der Waals surface area (Å²) in [5.41, 5.74) is 4.16. The highest BCUT2D eigenvalue weighted by molar-refractivity contribution is 5.87. The second-order valence-corrected chi connectivity index (χ2v) is 4.50. The average Bonchev–Trinajstić information content (AvgIpc) is 2.60. The van der Waals surface area contributed by atoms with Crippen LogP contribution in [0.1, 0.15) is 13.3 Å². The lowest BCUT2D eigenvalue weighted by Gasteiger charge is -2.26. The summed E-state index contributed by atoms with van der Waals surface area (Å²) in [6.07, 6.45) is -0.511. The molecule has 0 aromatic heterocycles. The van der Waals surface area contributed by atoms with Gasteiger partial charge in [0.25, 0.3) is 0 Å². The van der Waals surface area contributed by atoms with Crippen molar-refractivity contribution in [2.45, 2.75) is 25.4 Å². The fourth-order valence-electron chi connectivity index (χ4n) is 1.64. The van der Waals surface area contributed by atoms with Gasteiger partial charge in [0, 0.05) is 0 Å². The van der Waals surface area contributed by atoms with Gasteiger partial charge >= 0.3 is 11.9 Å². The van der Waals surface area contributed by atoms with Crippen LogP contribution in [0.25, 0.3) is 0 Å². The van der Waals surface area contributed by atoms with Crippen LogP contribution in [-0.2, 0) is 19.1 Å². The predicted octanol–water partition coefficient (Wildman–Crippen LogP) is -1.61. The molecule has 3 unspecified atom stereocenters. The fourth-order valence-corrected chi connectivity index (χ4v) is 1.64. The smallest absolute Gasteiger partial charge is 0.313 e. The summed E-state index contributed by atoms with van der Waals surface area (Å²) in [7, 11) is 0. The van der Waals surface area contributed by atoms with E-state index in [2.05, 4.69) is 5.32 Å². The van der Waals surface area contributed by atoms with Crippen LogP contribution in [0, 0.1) is 5.41 Å². The molecule has 18 heavy (non-hydrogen) atoms. The topological polar surface area (TPSA) is 139 Å². The molecule has 0 radical (unpaired) electrons. The van der Waals surface area contributed by atoms with Crippen molar-refractivity contribution in [2.75, 3.05) is 13.2 Å². The van der Waals surface area contributed by atoms with E-state index in [0.29, 0.717) is 0 Å². The van der Waals surface area contributed by atoms with Crippen LogP contribution in [0.5, 0.6) is 0 Å². The lowest BCUT2D eigenvalue weighted by atomic mass is 9.85. The van der Waals surface area contributed by atoms with Crippen LogP contribution in [0.15, 0.2) is 0 Å². The first-order valence-electron chi connectivity index (χ1n) is 5.36. The lowest BCUT2D eigenvalue weighted by molar-refractivity contribution is -0.149. The number of hydrogen-bond acceptors (Lipinski definition) is 5. The third-order valence-electron chi connectivity index (χ3n) is 2.99. The Morgan fingerprint density at radius 3 is 2.61 bits per heavy atom. The minimum absolute atomic E-state index is 0.0125. The maximum Gasteiger partial charge on any atom is 0.313 e. The lowest BCUT2D eigenvalue weighted by Crippen LogP contribution is -2.54. The molecular formula is C10H16N2O6. The van der Waals surface area contributed by atoms with Crippen molar-refractivity contribution < 1.29 is 29.3 Å². The largest absolute Gasteiger partial charge is 0.481 e. The molecule has 0 aromatic rings. The Bertz CT molecular complexity index is 371. The molecule has 1 amide bonds. The Kier molecular flexibility index (Phi) is 4.25. The van der Waals surface area contributed by atoms with Crippen molar-refractivity contribution in [1.82, 2.24) is 5.32 Å². The highest BCUT2D eigenvalue weighted by atomic mass is 16.5. The zero-order chi connectivity index (χ0) is 13.9. The fraction of sp³-hybridized carbons (Fsp3) is 0.700. The molecule has 5 N–H and O–H groups in total. The first-order valence-corrected chi connectivity index (χ1v) is 5.36. The van der Waals surface area contributed by atoms with Gasteiger partial charge in [0.05, 0.1) is 31.7 Å². The molecule has 0 aliphatic carbocycles. The predicted molar refractivity (Wildman–Crippen MR) is 58.7 cm³/mol. The Morgan fingerprint density at radius 2 is 2.11 bits per heavy atom. The SMILES string of the molecule is CC1(C(=O)O)COCC1NC(=O)C(N)CC(=O)O. The summed E-state index contributed by atoms with van der Waals surface area (Å²) in [4.78, 5) is 33.1. The molecule has 0 bridgehead atoms. The zero-order valence-electron chi connectivity index (χ0n) is 9.88. The van der Waals surface area contributed by atoms with E-state index in [9.17, 15) is 14.4 Å². The average molecular weight is 260 g/mol. The maximum absolute atomic E-state index is 11.6. The molecule has 102 valence electrons. The Labute approximate surface area is 103 Å². The summed E-state index contributed by atoms with van der Waals surface area (Å²) >= 11 is 0. The third kappa shape index (κ3) is 2.96. The minimum Gasteiger partial charge on any atom is -0.481 e. The van der Waals surface area contributed by atoms with Crippen molar-refractivity contribution >= 4 is 17.8 Å². The number of nitrogens with two attached hydrogens (primary N) is 1. The molecule has 1 saturated heterocycles. The van der Waals surface area contributed by atoms with Gasteiger partial charge in [-0.25, -0.2) is 0 Å². The summed E-state index contributed by atoms with van der Waals surface area (Å²) < 4.78 is 5.04.